The van der Waals surface area contributed by atoms with E-state index in [0.717, 1.165) is 10.7 Å². The van der Waals surface area contributed by atoms with Crippen molar-refractivity contribution in [2.24, 2.45) is 0 Å². The predicted octanol–water partition coefficient (Wildman–Crippen LogP) is 4.01. The first kappa shape index (κ1) is 10.2. The summed E-state index contributed by atoms with van der Waals surface area (Å²) < 4.78 is 0. The summed E-state index contributed by atoms with van der Waals surface area (Å²) in [7, 11) is 0. The maximum atomic E-state index is 4.02. The minimum atomic E-state index is 0.586. The van der Waals surface area contributed by atoms with E-state index in [2.05, 4.69) is 48.4 Å². The number of nitrogens with zero attached hydrogens (tertiary/aromatic N) is 1. The average Bonchev–Trinajstić information content (AvgIpc) is 2.71. The van der Waals surface area contributed by atoms with E-state index in [-0.39, 0.29) is 0 Å². The molecule has 0 aliphatic carbocycles. The van der Waals surface area contributed by atoms with Crippen LogP contribution in [-0.2, 0) is 0 Å². The second kappa shape index (κ2) is 4.45. The van der Waals surface area contributed by atoms with Gasteiger partial charge in [-0.15, -0.1) is 11.3 Å². The van der Waals surface area contributed by atoms with Gasteiger partial charge in [-0.2, -0.15) is 0 Å². The van der Waals surface area contributed by atoms with Gasteiger partial charge in [0.1, 0.15) is 5.00 Å². The molecule has 1 aromatic carbocycles. The lowest BCUT2D eigenvalue weighted by Crippen LogP contribution is -1.90. The molecule has 0 aliphatic heterocycles. The molecule has 0 aliphatic rings. The molecule has 0 atom stereocenters. The van der Waals surface area contributed by atoms with Gasteiger partial charge in [-0.05, 0) is 23.6 Å². The maximum absolute atomic E-state index is 4.02. The van der Waals surface area contributed by atoms with Crippen LogP contribution in [0.15, 0.2) is 36.0 Å². The minimum Gasteiger partial charge on any atom is -0.346 e. The van der Waals surface area contributed by atoms with Crippen LogP contribution in [0.5, 0.6) is 0 Å². The first-order chi connectivity index (χ1) is 7.25. The molecular weight excluding hydrogens is 204 g/mol. The molecule has 3 heteroatoms. The van der Waals surface area contributed by atoms with Gasteiger partial charge in [0.25, 0.3) is 0 Å². The SMILES string of the molecule is CC(C)c1ccc(Nc2cncs2)cc1. The Morgan fingerprint density at radius 3 is 2.47 bits per heavy atom. The van der Waals surface area contributed by atoms with E-state index >= 15 is 0 Å². The lowest BCUT2D eigenvalue weighted by Gasteiger charge is -2.07. The number of hydrogen-bond acceptors (Lipinski definition) is 3. The Morgan fingerprint density at radius 1 is 1.20 bits per heavy atom. The monoisotopic (exact) mass is 218 g/mol. The lowest BCUT2D eigenvalue weighted by atomic mass is 10.0. The van der Waals surface area contributed by atoms with Crippen molar-refractivity contribution in [2.45, 2.75) is 19.8 Å². The summed E-state index contributed by atoms with van der Waals surface area (Å²) in [5, 5.41) is 4.38. The van der Waals surface area contributed by atoms with Gasteiger partial charge in [0, 0.05) is 5.69 Å². The Morgan fingerprint density at radius 2 is 1.93 bits per heavy atom. The molecule has 0 amide bonds. The van der Waals surface area contributed by atoms with Gasteiger partial charge in [0.2, 0.25) is 0 Å². The first-order valence-corrected chi connectivity index (χ1v) is 5.89. The van der Waals surface area contributed by atoms with Crippen LogP contribution >= 0.6 is 11.3 Å². The van der Waals surface area contributed by atoms with Gasteiger partial charge in [0.05, 0.1) is 11.7 Å². The Hall–Kier alpha value is -1.35. The molecule has 0 unspecified atom stereocenters. The Balaban J connectivity index is 2.11. The largest absolute Gasteiger partial charge is 0.346 e. The maximum Gasteiger partial charge on any atom is 0.113 e. The second-order valence-corrected chi connectivity index (χ2v) is 4.65. The molecule has 0 spiro atoms. The van der Waals surface area contributed by atoms with Gasteiger partial charge in [-0.3, -0.25) is 4.98 Å². The smallest absolute Gasteiger partial charge is 0.113 e. The lowest BCUT2D eigenvalue weighted by molar-refractivity contribution is 0.867. The van der Waals surface area contributed by atoms with E-state index in [1.165, 1.54) is 5.56 Å². The van der Waals surface area contributed by atoms with Crippen molar-refractivity contribution in [3.8, 4) is 0 Å². The zero-order chi connectivity index (χ0) is 10.7. The van der Waals surface area contributed by atoms with Crippen LogP contribution in [0, 0.1) is 0 Å². The number of anilines is 2. The van der Waals surface area contributed by atoms with Crippen molar-refractivity contribution >= 4 is 22.0 Å². The zero-order valence-electron chi connectivity index (χ0n) is 8.90. The molecule has 0 bridgehead atoms. The van der Waals surface area contributed by atoms with Crippen molar-refractivity contribution in [3.05, 3.63) is 41.5 Å². The van der Waals surface area contributed by atoms with Gasteiger partial charge in [-0.25, -0.2) is 0 Å². The van der Waals surface area contributed by atoms with Crippen LogP contribution in [0.3, 0.4) is 0 Å². The molecule has 2 rings (SSSR count). The third kappa shape index (κ3) is 2.57. The fraction of sp³-hybridized carbons (Fsp3) is 0.250. The van der Waals surface area contributed by atoms with E-state index in [1.54, 1.807) is 11.3 Å². The Kier molecular flexibility index (Phi) is 3.02. The number of thiazole rings is 1. The quantitative estimate of drug-likeness (QED) is 0.842. The molecular formula is C12H14N2S. The number of aromatic nitrogens is 1. The third-order valence-corrected chi connectivity index (χ3v) is 2.97. The van der Waals surface area contributed by atoms with Crippen LogP contribution in [0.2, 0.25) is 0 Å². The molecule has 0 radical (unpaired) electrons. The summed E-state index contributed by atoms with van der Waals surface area (Å²) in [6, 6.07) is 8.53. The number of rotatable bonds is 3. The zero-order valence-corrected chi connectivity index (χ0v) is 9.71. The third-order valence-electron chi connectivity index (χ3n) is 2.28. The van der Waals surface area contributed by atoms with E-state index < -0.39 is 0 Å². The van der Waals surface area contributed by atoms with Crippen molar-refractivity contribution < 1.29 is 0 Å². The molecule has 0 saturated carbocycles. The molecule has 15 heavy (non-hydrogen) atoms. The highest BCUT2D eigenvalue weighted by molar-refractivity contribution is 7.13. The minimum absolute atomic E-state index is 0.586. The normalized spacial score (nSPS) is 10.6. The molecule has 0 fully saturated rings. The average molecular weight is 218 g/mol. The molecule has 2 nitrogen and oxygen atoms in total. The van der Waals surface area contributed by atoms with E-state index in [0.29, 0.717) is 5.92 Å². The van der Waals surface area contributed by atoms with Gasteiger partial charge < -0.3 is 5.32 Å². The summed E-state index contributed by atoms with van der Waals surface area (Å²) in [5.74, 6) is 0.586. The second-order valence-electron chi connectivity index (χ2n) is 3.77. The molecule has 1 aromatic heterocycles. The van der Waals surface area contributed by atoms with Crippen LogP contribution in [0.4, 0.5) is 10.7 Å². The summed E-state index contributed by atoms with van der Waals surface area (Å²) in [6.07, 6.45) is 1.83. The fourth-order valence-corrected chi connectivity index (χ4v) is 1.90. The highest BCUT2D eigenvalue weighted by Crippen LogP contribution is 2.22. The molecule has 2 aromatic rings. The van der Waals surface area contributed by atoms with Crippen molar-refractivity contribution in [1.82, 2.24) is 4.98 Å². The van der Waals surface area contributed by atoms with Crippen molar-refractivity contribution in [3.63, 3.8) is 0 Å². The van der Waals surface area contributed by atoms with Gasteiger partial charge >= 0.3 is 0 Å². The van der Waals surface area contributed by atoms with Crippen molar-refractivity contribution in [1.29, 1.82) is 0 Å². The summed E-state index contributed by atoms with van der Waals surface area (Å²) >= 11 is 1.61. The van der Waals surface area contributed by atoms with E-state index in [4.69, 9.17) is 0 Å². The first-order valence-electron chi connectivity index (χ1n) is 5.01. The Bertz CT molecular complexity index is 404. The standard InChI is InChI=1S/C12H14N2S/c1-9(2)10-3-5-11(6-4-10)14-12-7-13-8-15-12/h3-9,14H,1-2H3. The highest BCUT2D eigenvalue weighted by atomic mass is 32.1. The Labute approximate surface area is 94.0 Å². The number of hydrogen-bond donors (Lipinski definition) is 1. The number of nitrogens with one attached hydrogen (secondary N) is 1. The number of benzene rings is 1. The van der Waals surface area contributed by atoms with Crippen LogP contribution < -0.4 is 5.32 Å². The summed E-state index contributed by atoms with van der Waals surface area (Å²) in [6.45, 7) is 4.40. The van der Waals surface area contributed by atoms with Crippen LogP contribution in [0.1, 0.15) is 25.3 Å². The molecule has 78 valence electrons. The highest BCUT2D eigenvalue weighted by Gasteiger charge is 1.99. The predicted molar refractivity (Wildman–Crippen MR) is 65.9 cm³/mol. The molecule has 0 saturated heterocycles. The van der Waals surface area contributed by atoms with Crippen LogP contribution in [-0.4, -0.2) is 4.98 Å². The van der Waals surface area contributed by atoms with Gasteiger partial charge in [-0.1, -0.05) is 26.0 Å². The van der Waals surface area contributed by atoms with Crippen molar-refractivity contribution in [2.75, 3.05) is 5.32 Å². The molecule has 1 N–H and O–H groups in total. The van der Waals surface area contributed by atoms with Gasteiger partial charge in [0.15, 0.2) is 0 Å². The van der Waals surface area contributed by atoms with Crippen LogP contribution in [0.25, 0.3) is 0 Å². The summed E-state index contributed by atoms with van der Waals surface area (Å²) in [5.41, 5.74) is 4.30. The summed E-state index contributed by atoms with van der Waals surface area (Å²) in [4.78, 5) is 4.02. The molecule has 1 heterocycles. The van der Waals surface area contributed by atoms with E-state index in [9.17, 15) is 0 Å². The van der Waals surface area contributed by atoms with E-state index in [1.807, 2.05) is 11.7 Å². The topological polar surface area (TPSA) is 24.9 Å². The fourth-order valence-electron chi connectivity index (χ4n) is 1.37.